The Bertz CT molecular complexity index is 491. The van der Waals surface area contributed by atoms with Crippen molar-refractivity contribution in [3.63, 3.8) is 0 Å². The van der Waals surface area contributed by atoms with Crippen molar-refractivity contribution < 1.29 is 9.53 Å². The van der Waals surface area contributed by atoms with E-state index in [1.165, 1.54) is 12.0 Å². The Balaban J connectivity index is 1.78. The molecule has 2 saturated heterocycles. The monoisotopic (exact) mass is 288 g/mol. The predicted molar refractivity (Wildman–Crippen MR) is 81.9 cm³/mol. The van der Waals surface area contributed by atoms with Crippen LogP contribution in [0, 0.1) is 0 Å². The highest BCUT2D eigenvalue weighted by atomic mass is 16.5. The molecule has 1 aromatic rings. The quantitative estimate of drug-likeness (QED) is 0.841. The second kappa shape index (κ2) is 6.16. The van der Waals surface area contributed by atoms with Crippen LogP contribution in [-0.2, 0) is 16.1 Å². The third-order valence-electron chi connectivity index (χ3n) is 4.82. The van der Waals surface area contributed by atoms with Crippen molar-refractivity contribution in [2.45, 2.75) is 44.3 Å². The highest BCUT2D eigenvalue weighted by molar-refractivity contribution is 5.82. The first kappa shape index (κ1) is 14.5. The largest absolute Gasteiger partial charge is 0.465 e. The molecule has 2 aliphatic heterocycles. The van der Waals surface area contributed by atoms with Crippen LogP contribution < -0.4 is 5.32 Å². The first-order valence-electron chi connectivity index (χ1n) is 7.96. The van der Waals surface area contributed by atoms with Gasteiger partial charge in [-0.15, -0.1) is 0 Å². The zero-order valence-corrected chi connectivity index (χ0v) is 12.7. The first-order valence-corrected chi connectivity index (χ1v) is 7.96. The van der Waals surface area contributed by atoms with Gasteiger partial charge in [-0.1, -0.05) is 30.3 Å². The summed E-state index contributed by atoms with van der Waals surface area (Å²) in [5, 5.41) is 3.55. The Kier molecular flexibility index (Phi) is 4.27. The van der Waals surface area contributed by atoms with Crippen LogP contribution in [0.3, 0.4) is 0 Å². The third-order valence-corrected chi connectivity index (χ3v) is 4.82. The van der Waals surface area contributed by atoms with Gasteiger partial charge < -0.3 is 4.74 Å². The van der Waals surface area contributed by atoms with Crippen molar-refractivity contribution in [3.8, 4) is 0 Å². The Hall–Kier alpha value is -1.39. The highest BCUT2D eigenvalue weighted by Gasteiger charge is 2.54. The topological polar surface area (TPSA) is 41.6 Å². The number of ether oxygens (including phenoxy) is 1. The maximum absolute atomic E-state index is 12.6. The molecule has 2 fully saturated rings. The van der Waals surface area contributed by atoms with E-state index in [-0.39, 0.29) is 5.97 Å². The normalized spacial score (nSPS) is 28.5. The summed E-state index contributed by atoms with van der Waals surface area (Å²) in [7, 11) is 0. The predicted octanol–water partition coefficient (Wildman–Crippen LogP) is 1.95. The van der Waals surface area contributed by atoms with Crippen molar-refractivity contribution in [3.05, 3.63) is 35.9 Å². The molecule has 0 spiro atoms. The van der Waals surface area contributed by atoms with Gasteiger partial charge in [-0.3, -0.25) is 10.2 Å². The standard InChI is InChI=1S/C17H24N2O2/c1-2-21-16(20)17(10-12-19-11-6-9-15(17)19)18-13-14-7-4-3-5-8-14/h3-5,7-8,15,18H,2,6,9-13H2,1H3. The number of hydrogen-bond acceptors (Lipinski definition) is 4. The van der Waals surface area contributed by atoms with Crippen LogP contribution in [0.25, 0.3) is 0 Å². The average molecular weight is 288 g/mol. The van der Waals surface area contributed by atoms with Crippen LogP contribution in [0.1, 0.15) is 31.7 Å². The second-order valence-corrected chi connectivity index (χ2v) is 5.97. The van der Waals surface area contributed by atoms with E-state index in [1.54, 1.807) is 0 Å². The summed E-state index contributed by atoms with van der Waals surface area (Å²) >= 11 is 0. The van der Waals surface area contributed by atoms with Crippen LogP contribution in [0.15, 0.2) is 30.3 Å². The Labute approximate surface area is 126 Å². The molecule has 0 amide bonds. The number of carbonyl (C=O) groups is 1. The smallest absolute Gasteiger partial charge is 0.328 e. The molecule has 3 rings (SSSR count). The lowest BCUT2D eigenvalue weighted by Gasteiger charge is -2.34. The minimum atomic E-state index is -0.525. The van der Waals surface area contributed by atoms with Gasteiger partial charge in [0.25, 0.3) is 0 Å². The molecule has 0 radical (unpaired) electrons. The zero-order chi connectivity index (χ0) is 14.7. The first-order chi connectivity index (χ1) is 10.3. The molecular weight excluding hydrogens is 264 g/mol. The van der Waals surface area contributed by atoms with Gasteiger partial charge in [0.15, 0.2) is 0 Å². The number of fused-ring (bicyclic) bond motifs is 1. The van der Waals surface area contributed by atoms with Gasteiger partial charge in [-0.25, -0.2) is 4.79 Å². The lowest BCUT2D eigenvalue weighted by molar-refractivity contribution is -0.152. The molecule has 2 atom stereocenters. The molecule has 2 unspecified atom stereocenters. The lowest BCUT2D eigenvalue weighted by Crippen LogP contribution is -2.59. The van der Waals surface area contributed by atoms with E-state index >= 15 is 0 Å². The molecule has 2 aliphatic rings. The molecule has 1 N–H and O–H groups in total. The number of benzene rings is 1. The van der Waals surface area contributed by atoms with Gasteiger partial charge in [0.2, 0.25) is 0 Å². The van der Waals surface area contributed by atoms with E-state index < -0.39 is 5.54 Å². The fourth-order valence-electron chi connectivity index (χ4n) is 3.77. The molecule has 2 heterocycles. The highest BCUT2D eigenvalue weighted by Crippen LogP contribution is 2.37. The van der Waals surface area contributed by atoms with Gasteiger partial charge in [0.05, 0.1) is 6.61 Å². The molecule has 21 heavy (non-hydrogen) atoms. The minimum Gasteiger partial charge on any atom is -0.465 e. The summed E-state index contributed by atoms with van der Waals surface area (Å²) < 4.78 is 5.40. The number of carbonyl (C=O) groups excluding carboxylic acids is 1. The Morgan fingerprint density at radius 3 is 2.95 bits per heavy atom. The van der Waals surface area contributed by atoms with Crippen molar-refractivity contribution in [1.29, 1.82) is 0 Å². The molecule has 0 aliphatic carbocycles. The van der Waals surface area contributed by atoms with Gasteiger partial charge in [-0.05, 0) is 38.3 Å². The molecule has 4 nitrogen and oxygen atoms in total. The summed E-state index contributed by atoms with van der Waals surface area (Å²) in [5.41, 5.74) is 0.681. The van der Waals surface area contributed by atoms with Crippen molar-refractivity contribution in [1.82, 2.24) is 10.2 Å². The van der Waals surface area contributed by atoms with E-state index in [9.17, 15) is 4.79 Å². The number of esters is 1. The van der Waals surface area contributed by atoms with E-state index in [2.05, 4.69) is 22.3 Å². The number of nitrogens with one attached hydrogen (secondary N) is 1. The minimum absolute atomic E-state index is 0.0738. The average Bonchev–Trinajstić information content (AvgIpc) is 3.09. The number of nitrogens with zero attached hydrogens (tertiary/aromatic N) is 1. The molecule has 0 bridgehead atoms. The fraction of sp³-hybridized carbons (Fsp3) is 0.588. The van der Waals surface area contributed by atoms with Gasteiger partial charge >= 0.3 is 5.97 Å². The lowest BCUT2D eigenvalue weighted by atomic mass is 9.88. The van der Waals surface area contributed by atoms with Gasteiger partial charge in [0.1, 0.15) is 5.54 Å². The van der Waals surface area contributed by atoms with Crippen LogP contribution in [0.4, 0.5) is 0 Å². The fourth-order valence-corrected chi connectivity index (χ4v) is 3.77. The van der Waals surface area contributed by atoms with Crippen LogP contribution in [0.2, 0.25) is 0 Å². The maximum atomic E-state index is 12.6. The summed E-state index contributed by atoms with van der Waals surface area (Å²) in [5.74, 6) is -0.0738. The van der Waals surface area contributed by atoms with E-state index in [1.807, 2.05) is 25.1 Å². The second-order valence-electron chi connectivity index (χ2n) is 5.97. The summed E-state index contributed by atoms with van der Waals surface area (Å²) in [4.78, 5) is 15.1. The van der Waals surface area contributed by atoms with Crippen LogP contribution in [0.5, 0.6) is 0 Å². The summed E-state index contributed by atoms with van der Waals surface area (Å²) in [6, 6.07) is 10.6. The maximum Gasteiger partial charge on any atom is 0.328 e. The van der Waals surface area contributed by atoms with Crippen molar-refractivity contribution in [2.24, 2.45) is 0 Å². The van der Waals surface area contributed by atoms with E-state index in [0.29, 0.717) is 19.2 Å². The SMILES string of the molecule is CCOC(=O)C1(NCc2ccccc2)CCN2CCCC21. The summed E-state index contributed by atoms with van der Waals surface area (Å²) in [6.45, 7) is 5.14. The molecule has 0 saturated carbocycles. The molecule has 1 aromatic carbocycles. The molecule has 114 valence electrons. The van der Waals surface area contributed by atoms with Gasteiger partial charge in [0, 0.05) is 19.1 Å². The molecular formula is C17H24N2O2. The van der Waals surface area contributed by atoms with Crippen molar-refractivity contribution in [2.75, 3.05) is 19.7 Å². The number of rotatable bonds is 5. The van der Waals surface area contributed by atoms with E-state index in [0.717, 1.165) is 25.9 Å². The van der Waals surface area contributed by atoms with Crippen molar-refractivity contribution >= 4 is 5.97 Å². The number of hydrogen-bond donors (Lipinski definition) is 1. The Morgan fingerprint density at radius 2 is 2.19 bits per heavy atom. The molecule has 4 heteroatoms. The van der Waals surface area contributed by atoms with Gasteiger partial charge in [-0.2, -0.15) is 0 Å². The molecule has 0 aromatic heterocycles. The zero-order valence-electron chi connectivity index (χ0n) is 12.7. The van der Waals surface area contributed by atoms with E-state index in [4.69, 9.17) is 4.74 Å². The van der Waals surface area contributed by atoms with Crippen LogP contribution >= 0.6 is 0 Å². The Morgan fingerprint density at radius 1 is 1.38 bits per heavy atom. The summed E-state index contributed by atoms with van der Waals surface area (Å²) in [6.07, 6.45) is 3.11. The third kappa shape index (κ3) is 2.70. The van der Waals surface area contributed by atoms with Crippen LogP contribution in [-0.4, -0.2) is 42.1 Å².